The summed E-state index contributed by atoms with van der Waals surface area (Å²) >= 11 is 0. The van der Waals surface area contributed by atoms with E-state index in [4.69, 9.17) is 0 Å². The molecule has 1 unspecified atom stereocenters. The number of pyridine rings is 1. The van der Waals surface area contributed by atoms with Crippen molar-refractivity contribution in [3.05, 3.63) is 29.6 Å². The summed E-state index contributed by atoms with van der Waals surface area (Å²) in [6.07, 6.45) is 9.90. The summed E-state index contributed by atoms with van der Waals surface area (Å²) < 4.78 is 0. The third-order valence-corrected chi connectivity index (χ3v) is 3.81. The van der Waals surface area contributed by atoms with Gasteiger partial charge in [0, 0.05) is 23.9 Å². The lowest BCUT2D eigenvalue weighted by molar-refractivity contribution is 0.544. The molecule has 0 spiro atoms. The lowest BCUT2D eigenvalue weighted by Crippen LogP contribution is -2.17. The van der Waals surface area contributed by atoms with E-state index in [1.165, 1.54) is 56.3 Å². The van der Waals surface area contributed by atoms with Crippen LogP contribution in [-0.4, -0.2) is 17.6 Å². The van der Waals surface area contributed by atoms with Crippen molar-refractivity contribution in [3.8, 4) is 0 Å². The summed E-state index contributed by atoms with van der Waals surface area (Å²) in [6, 6.07) is 5.16. The van der Waals surface area contributed by atoms with Gasteiger partial charge in [0.05, 0.1) is 0 Å². The molecular weight excluding hydrogens is 196 g/mol. The fraction of sp³-hybridized carbons (Fsp3) is 0.643. The molecule has 2 aliphatic rings. The van der Waals surface area contributed by atoms with Crippen molar-refractivity contribution in [1.29, 1.82) is 0 Å². The van der Waals surface area contributed by atoms with E-state index in [0.29, 0.717) is 0 Å². The molecule has 1 fully saturated rings. The van der Waals surface area contributed by atoms with Crippen molar-refractivity contribution in [2.45, 2.75) is 50.5 Å². The Morgan fingerprint density at radius 3 is 3.12 bits per heavy atom. The van der Waals surface area contributed by atoms with E-state index in [1.807, 2.05) is 6.20 Å². The molecule has 1 heterocycles. The van der Waals surface area contributed by atoms with Crippen LogP contribution in [0.15, 0.2) is 18.3 Å². The largest absolute Gasteiger partial charge is 0.314 e. The van der Waals surface area contributed by atoms with Crippen molar-refractivity contribution in [2.75, 3.05) is 6.54 Å². The van der Waals surface area contributed by atoms with Gasteiger partial charge in [-0.05, 0) is 56.7 Å². The third-order valence-electron chi connectivity index (χ3n) is 3.81. The minimum absolute atomic E-state index is 0.734. The summed E-state index contributed by atoms with van der Waals surface area (Å²) in [4.78, 5) is 4.55. The monoisotopic (exact) mass is 216 g/mol. The van der Waals surface area contributed by atoms with E-state index in [2.05, 4.69) is 22.4 Å². The number of rotatable bonds is 5. The molecule has 0 amide bonds. The highest BCUT2D eigenvalue weighted by atomic mass is 14.9. The maximum absolute atomic E-state index is 4.55. The molecule has 0 saturated heterocycles. The first-order valence-electron chi connectivity index (χ1n) is 6.60. The summed E-state index contributed by atoms with van der Waals surface area (Å²) in [5, 5.41) is 3.58. The number of fused-ring (bicyclic) bond motifs is 1. The Morgan fingerprint density at radius 1 is 1.31 bits per heavy atom. The predicted octanol–water partition coefficient (Wildman–Crippen LogP) is 2.64. The van der Waals surface area contributed by atoms with E-state index in [1.54, 1.807) is 0 Å². The second-order valence-electron chi connectivity index (χ2n) is 5.15. The smallest absolute Gasteiger partial charge is 0.0466 e. The van der Waals surface area contributed by atoms with Crippen molar-refractivity contribution < 1.29 is 0 Å². The molecule has 1 aromatic rings. The van der Waals surface area contributed by atoms with Crippen molar-refractivity contribution in [3.63, 3.8) is 0 Å². The molecule has 86 valence electrons. The van der Waals surface area contributed by atoms with Crippen LogP contribution >= 0.6 is 0 Å². The maximum atomic E-state index is 4.55. The summed E-state index contributed by atoms with van der Waals surface area (Å²) in [5.74, 6) is 0.734. The van der Waals surface area contributed by atoms with E-state index in [9.17, 15) is 0 Å². The van der Waals surface area contributed by atoms with Gasteiger partial charge >= 0.3 is 0 Å². The Labute approximate surface area is 97.5 Å². The van der Waals surface area contributed by atoms with E-state index >= 15 is 0 Å². The van der Waals surface area contributed by atoms with Crippen LogP contribution in [0, 0.1) is 0 Å². The average Bonchev–Trinajstić information content (AvgIpc) is 3.05. The Kier molecular flexibility index (Phi) is 2.92. The maximum Gasteiger partial charge on any atom is 0.0466 e. The van der Waals surface area contributed by atoms with Gasteiger partial charge in [-0.1, -0.05) is 6.07 Å². The molecule has 16 heavy (non-hydrogen) atoms. The van der Waals surface area contributed by atoms with Crippen LogP contribution < -0.4 is 5.32 Å². The van der Waals surface area contributed by atoms with Crippen molar-refractivity contribution in [1.82, 2.24) is 10.3 Å². The fourth-order valence-corrected chi connectivity index (χ4v) is 2.72. The Hall–Kier alpha value is -0.890. The number of hydrogen-bond acceptors (Lipinski definition) is 2. The lowest BCUT2D eigenvalue weighted by Gasteiger charge is -2.10. The SMILES string of the molecule is c1cnc2c(c1)CCC2CCCNC1CC1. The van der Waals surface area contributed by atoms with E-state index < -0.39 is 0 Å². The molecule has 2 aliphatic carbocycles. The molecule has 1 atom stereocenters. The highest BCUT2D eigenvalue weighted by Crippen LogP contribution is 2.34. The van der Waals surface area contributed by atoms with Gasteiger partial charge in [0.2, 0.25) is 0 Å². The molecule has 1 aromatic heterocycles. The van der Waals surface area contributed by atoms with Crippen molar-refractivity contribution in [2.24, 2.45) is 0 Å². The van der Waals surface area contributed by atoms with Crippen LogP contribution in [0.5, 0.6) is 0 Å². The zero-order valence-corrected chi connectivity index (χ0v) is 9.78. The van der Waals surface area contributed by atoms with Crippen molar-refractivity contribution >= 4 is 0 Å². The minimum atomic E-state index is 0.734. The third kappa shape index (κ3) is 2.27. The van der Waals surface area contributed by atoms with Gasteiger partial charge in [-0.15, -0.1) is 0 Å². The number of nitrogens with one attached hydrogen (secondary N) is 1. The lowest BCUT2D eigenvalue weighted by atomic mass is 10.0. The molecule has 3 rings (SSSR count). The zero-order valence-electron chi connectivity index (χ0n) is 9.78. The summed E-state index contributed by atoms with van der Waals surface area (Å²) in [7, 11) is 0. The van der Waals surface area contributed by atoms with Gasteiger partial charge < -0.3 is 5.32 Å². The first-order chi connectivity index (χ1) is 7.93. The standard InChI is InChI=1S/C14H20N2/c1(9-15-13-7-8-13)3-11-5-6-12-4-2-10-16-14(11)12/h2,4,10-11,13,15H,1,3,5-9H2. The normalized spacial score (nSPS) is 23.4. The number of nitrogens with zero attached hydrogens (tertiary/aromatic N) is 1. The first-order valence-corrected chi connectivity index (χ1v) is 6.60. The van der Waals surface area contributed by atoms with Gasteiger partial charge in [-0.25, -0.2) is 0 Å². The predicted molar refractivity (Wildman–Crippen MR) is 65.6 cm³/mol. The molecule has 0 aromatic carbocycles. The molecule has 1 saturated carbocycles. The topological polar surface area (TPSA) is 24.9 Å². The van der Waals surface area contributed by atoms with Crippen LogP contribution in [0.25, 0.3) is 0 Å². The molecule has 0 bridgehead atoms. The van der Waals surface area contributed by atoms with Gasteiger partial charge in [0.1, 0.15) is 0 Å². The quantitative estimate of drug-likeness (QED) is 0.765. The molecule has 2 nitrogen and oxygen atoms in total. The van der Waals surface area contributed by atoms with E-state index in [-0.39, 0.29) is 0 Å². The average molecular weight is 216 g/mol. The van der Waals surface area contributed by atoms with Crippen LogP contribution in [0.2, 0.25) is 0 Å². The molecular formula is C14H20N2. The zero-order chi connectivity index (χ0) is 10.8. The second-order valence-corrected chi connectivity index (χ2v) is 5.15. The highest BCUT2D eigenvalue weighted by molar-refractivity contribution is 5.28. The second kappa shape index (κ2) is 4.54. The van der Waals surface area contributed by atoms with Gasteiger partial charge in [-0.3, -0.25) is 4.98 Å². The van der Waals surface area contributed by atoms with Crippen LogP contribution in [-0.2, 0) is 6.42 Å². The van der Waals surface area contributed by atoms with Gasteiger partial charge in [0.25, 0.3) is 0 Å². The summed E-state index contributed by atoms with van der Waals surface area (Å²) in [6.45, 7) is 1.20. The Balaban J connectivity index is 1.48. The first kappa shape index (κ1) is 10.3. The highest BCUT2D eigenvalue weighted by Gasteiger charge is 2.23. The number of aromatic nitrogens is 1. The van der Waals surface area contributed by atoms with Crippen LogP contribution in [0.3, 0.4) is 0 Å². The minimum Gasteiger partial charge on any atom is -0.314 e. The summed E-state index contributed by atoms with van der Waals surface area (Å²) in [5.41, 5.74) is 2.87. The Morgan fingerprint density at radius 2 is 2.25 bits per heavy atom. The number of aryl methyl sites for hydroxylation is 1. The van der Waals surface area contributed by atoms with E-state index in [0.717, 1.165) is 12.0 Å². The molecule has 0 radical (unpaired) electrons. The van der Waals surface area contributed by atoms with Gasteiger partial charge in [0.15, 0.2) is 0 Å². The fourth-order valence-electron chi connectivity index (χ4n) is 2.72. The molecule has 0 aliphatic heterocycles. The van der Waals surface area contributed by atoms with Crippen LogP contribution in [0.4, 0.5) is 0 Å². The molecule has 2 heteroatoms. The molecule has 1 N–H and O–H groups in total. The number of hydrogen-bond donors (Lipinski definition) is 1. The Bertz CT molecular complexity index is 358. The van der Waals surface area contributed by atoms with Crippen LogP contribution in [0.1, 0.15) is 49.3 Å². The van der Waals surface area contributed by atoms with Gasteiger partial charge in [-0.2, -0.15) is 0 Å².